The molecule has 0 aliphatic carbocycles. The van der Waals surface area contributed by atoms with Crippen LogP contribution < -0.4 is 10.1 Å². The summed E-state index contributed by atoms with van der Waals surface area (Å²) in [6.45, 7) is 5.95. The summed E-state index contributed by atoms with van der Waals surface area (Å²) in [5, 5.41) is 3.21. The number of ether oxygens (including phenoxy) is 2. The number of anilines is 1. The smallest absolute Gasteiger partial charge is 0.331 e. The molecule has 1 unspecified atom stereocenters. The molecule has 100 valence electrons. The molecule has 4 heteroatoms. The second-order valence-corrected chi connectivity index (χ2v) is 4.23. The van der Waals surface area contributed by atoms with Crippen LogP contribution in [0.2, 0.25) is 0 Å². The van der Waals surface area contributed by atoms with Gasteiger partial charge < -0.3 is 14.8 Å². The highest BCUT2D eigenvalue weighted by atomic mass is 16.5. The van der Waals surface area contributed by atoms with Crippen LogP contribution in [0.4, 0.5) is 5.69 Å². The van der Waals surface area contributed by atoms with Crippen LogP contribution in [0.1, 0.15) is 27.2 Å². The molecule has 18 heavy (non-hydrogen) atoms. The van der Waals surface area contributed by atoms with E-state index in [2.05, 4.69) is 5.32 Å². The molecule has 0 aliphatic heterocycles. The van der Waals surface area contributed by atoms with Gasteiger partial charge in [0.15, 0.2) is 0 Å². The van der Waals surface area contributed by atoms with Crippen LogP contribution in [0.3, 0.4) is 0 Å². The van der Waals surface area contributed by atoms with Crippen molar-refractivity contribution < 1.29 is 14.3 Å². The van der Waals surface area contributed by atoms with Crippen molar-refractivity contribution in [2.75, 3.05) is 19.0 Å². The highest BCUT2D eigenvalue weighted by Gasteiger charge is 2.33. The number of benzene rings is 1. The molecule has 0 amide bonds. The first-order chi connectivity index (χ1) is 8.57. The van der Waals surface area contributed by atoms with Gasteiger partial charge in [-0.2, -0.15) is 0 Å². The molecule has 1 atom stereocenters. The molecule has 0 aromatic heterocycles. The summed E-state index contributed by atoms with van der Waals surface area (Å²) >= 11 is 0. The highest BCUT2D eigenvalue weighted by molar-refractivity contribution is 5.84. The first kappa shape index (κ1) is 14.4. The van der Waals surface area contributed by atoms with Crippen LogP contribution in [-0.4, -0.2) is 25.2 Å². The zero-order valence-electron chi connectivity index (χ0n) is 11.4. The SMILES string of the molecule is CCOC(=O)C(C)(CC)Nc1ccccc1OC. The summed E-state index contributed by atoms with van der Waals surface area (Å²) in [6.07, 6.45) is 0.629. The van der Waals surface area contributed by atoms with E-state index in [1.807, 2.05) is 38.1 Å². The number of carbonyl (C=O) groups is 1. The summed E-state index contributed by atoms with van der Waals surface area (Å²) in [5.41, 5.74) is 0.0439. The summed E-state index contributed by atoms with van der Waals surface area (Å²) in [6, 6.07) is 7.51. The van der Waals surface area contributed by atoms with Crippen molar-refractivity contribution in [3.8, 4) is 5.75 Å². The van der Waals surface area contributed by atoms with Gasteiger partial charge >= 0.3 is 5.97 Å². The lowest BCUT2D eigenvalue weighted by Gasteiger charge is -2.28. The molecule has 1 aromatic rings. The molecule has 0 fully saturated rings. The van der Waals surface area contributed by atoms with E-state index in [1.54, 1.807) is 14.0 Å². The van der Waals surface area contributed by atoms with Crippen LogP contribution in [0.25, 0.3) is 0 Å². The van der Waals surface area contributed by atoms with Gasteiger partial charge in [0.05, 0.1) is 19.4 Å². The number of hydrogen-bond acceptors (Lipinski definition) is 4. The Morgan fingerprint density at radius 3 is 2.56 bits per heavy atom. The molecule has 0 radical (unpaired) electrons. The van der Waals surface area contributed by atoms with Gasteiger partial charge in [-0.25, -0.2) is 4.79 Å². The number of rotatable bonds is 6. The minimum Gasteiger partial charge on any atom is -0.495 e. The first-order valence-electron chi connectivity index (χ1n) is 6.15. The largest absolute Gasteiger partial charge is 0.495 e. The Morgan fingerprint density at radius 1 is 1.33 bits per heavy atom. The van der Waals surface area contributed by atoms with Crippen LogP contribution in [0.5, 0.6) is 5.75 Å². The number of nitrogens with one attached hydrogen (secondary N) is 1. The molecule has 4 nitrogen and oxygen atoms in total. The Labute approximate surface area is 108 Å². The van der Waals surface area contributed by atoms with Crippen molar-refractivity contribution in [1.29, 1.82) is 0 Å². The Hall–Kier alpha value is -1.71. The Bertz CT molecular complexity index is 406. The fourth-order valence-electron chi connectivity index (χ4n) is 1.62. The standard InChI is InChI=1S/C14H21NO3/c1-5-14(3,13(16)18-6-2)15-11-9-7-8-10-12(11)17-4/h7-10,15H,5-6H2,1-4H3. The van der Waals surface area contributed by atoms with Gasteiger partial charge in [0.25, 0.3) is 0 Å². The topological polar surface area (TPSA) is 47.6 Å². The van der Waals surface area contributed by atoms with E-state index >= 15 is 0 Å². The van der Waals surface area contributed by atoms with Gasteiger partial charge in [-0.15, -0.1) is 0 Å². The lowest BCUT2D eigenvalue weighted by molar-refractivity contribution is -0.148. The zero-order chi connectivity index (χ0) is 13.6. The molecular weight excluding hydrogens is 230 g/mol. The average Bonchev–Trinajstić information content (AvgIpc) is 2.39. The second kappa shape index (κ2) is 6.28. The number of para-hydroxylation sites is 2. The third-order valence-electron chi connectivity index (χ3n) is 2.95. The maximum atomic E-state index is 12.0. The summed E-state index contributed by atoms with van der Waals surface area (Å²) in [5.74, 6) is 0.458. The number of esters is 1. The van der Waals surface area contributed by atoms with E-state index in [4.69, 9.17) is 9.47 Å². The molecule has 0 spiro atoms. The molecule has 0 saturated heterocycles. The van der Waals surface area contributed by atoms with Gasteiger partial charge in [0.1, 0.15) is 11.3 Å². The molecule has 1 N–H and O–H groups in total. The van der Waals surface area contributed by atoms with E-state index in [9.17, 15) is 4.79 Å². The molecule has 0 heterocycles. The maximum absolute atomic E-state index is 12.0. The van der Waals surface area contributed by atoms with Crippen LogP contribution in [0, 0.1) is 0 Å². The molecule has 1 rings (SSSR count). The minimum atomic E-state index is -0.745. The van der Waals surface area contributed by atoms with E-state index in [0.717, 1.165) is 5.69 Å². The third kappa shape index (κ3) is 3.15. The van der Waals surface area contributed by atoms with Crippen LogP contribution in [0.15, 0.2) is 24.3 Å². The van der Waals surface area contributed by atoms with Crippen molar-refractivity contribution in [2.24, 2.45) is 0 Å². The van der Waals surface area contributed by atoms with Crippen LogP contribution in [-0.2, 0) is 9.53 Å². The van der Waals surface area contributed by atoms with E-state index in [-0.39, 0.29) is 5.97 Å². The van der Waals surface area contributed by atoms with Crippen LogP contribution >= 0.6 is 0 Å². The van der Waals surface area contributed by atoms with Crippen molar-refractivity contribution in [1.82, 2.24) is 0 Å². The molecule has 0 bridgehead atoms. The van der Waals surface area contributed by atoms with Gasteiger partial charge in [0.2, 0.25) is 0 Å². The monoisotopic (exact) mass is 251 g/mol. The summed E-state index contributed by atoms with van der Waals surface area (Å²) in [4.78, 5) is 12.0. The van der Waals surface area contributed by atoms with E-state index in [0.29, 0.717) is 18.8 Å². The fraction of sp³-hybridized carbons (Fsp3) is 0.500. The highest BCUT2D eigenvalue weighted by Crippen LogP contribution is 2.28. The fourth-order valence-corrected chi connectivity index (χ4v) is 1.62. The predicted octanol–water partition coefficient (Wildman–Crippen LogP) is 2.84. The second-order valence-electron chi connectivity index (χ2n) is 4.23. The number of hydrogen-bond donors (Lipinski definition) is 1. The summed E-state index contributed by atoms with van der Waals surface area (Å²) < 4.78 is 10.4. The number of carbonyl (C=O) groups excluding carboxylic acids is 1. The van der Waals surface area contributed by atoms with Gasteiger partial charge in [-0.1, -0.05) is 19.1 Å². The number of methoxy groups -OCH3 is 1. The first-order valence-corrected chi connectivity index (χ1v) is 6.15. The van der Waals surface area contributed by atoms with E-state index < -0.39 is 5.54 Å². The van der Waals surface area contributed by atoms with Gasteiger partial charge in [-0.3, -0.25) is 0 Å². The van der Waals surface area contributed by atoms with E-state index in [1.165, 1.54) is 0 Å². The van der Waals surface area contributed by atoms with Crippen molar-refractivity contribution in [2.45, 2.75) is 32.7 Å². The molecule has 0 aliphatic rings. The quantitative estimate of drug-likeness (QED) is 0.790. The maximum Gasteiger partial charge on any atom is 0.331 e. The Kier molecular flexibility index (Phi) is 5.01. The Morgan fingerprint density at radius 2 is 2.00 bits per heavy atom. The normalized spacial score (nSPS) is 13.6. The molecule has 1 aromatic carbocycles. The minimum absolute atomic E-state index is 0.251. The molecule has 0 saturated carbocycles. The lowest BCUT2D eigenvalue weighted by Crippen LogP contribution is -2.44. The Balaban J connectivity index is 2.94. The summed E-state index contributed by atoms with van der Waals surface area (Å²) in [7, 11) is 1.61. The van der Waals surface area contributed by atoms with Gasteiger partial charge in [0, 0.05) is 0 Å². The predicted molar refractivity (Wildman–Crippen MR) is 71.9 cm³/mol. The van der Waals surface area contributed by atoms with Crippen molar-refractivity contribution >= 4 is 11.7 Å². The van der Waals surface area contributed by atoms with Crippen molar-refractivity contribution in [3.63, 3.8) is 0 Å². The third-order valence-corrected chi connectivity index (χ3v) is 2.95. The lowest BCUT2D eigenvalue weighted by atomic mass is 9.98. The average molecular weight is 251 g/mol. The molecular formula is C14H21NO3. The van der Waals surface area contributed by atoms with Crippen molar-refractivity contribution in [3.05, 3.63) is 24.3 Å². The van der Waals surface area contributed by atoms with Gasteiger partial charge in [-0.05, 0) is 32.4 Å². The zero-order valence-corrected chi connectivity index (χ0v) is 11.4.